The Balaban J connectivity index is 1.94. The maximum atomic E-state index is 5.98. The minimum absolute atomic E-state index is 0.748. The van der Waals surface area contributed by atoms with E-state index in [1.54, 1.807) is 0 Å². The van der Waals surface area contributed by atoms with Crippen LogP contribution in [0.3, 0.4) is 0 Å². The number of aryl methyl sites for hydroxylation is 1. The van der Waals surface area contributed by atoms with Crippen LogP contribution in [0.5, 0.6) is 0 Å². The minimum Gasteiger partial charge on any atom is -0.347 e. The van der Waals surface area contributed by atoms with Crippen molar-refractivity contribution in [3.05, 3.63) is 56.6 Å². The number of benzene rings is 1. The zero-order valence-corrected chi connectivity index (χ0v) is 11.4. The lowest BCUT2D eigenvalue weighted by atomic mass is 10.1. The molecule has 0 bridgehead atoms. The first-order valence-corrected chi connectivity index (χ1v) is 6.86. The molecule has 1 aliphatic carbocycles. The molecule has 2 nitrogen and oxygen atoms in total. The molecule has 4 heteroatoms. The minimum atomic E-state index is 0.748. The molecule has 0 unspecified atom stereocenters. The summed E-state index contributed by atoms with van der Waals surface area (Å²) in [7, 11) is 0. The Morgan fingerprint density at radius 2 is 2.22 bits per heavy atom. The van der Waals surface area contributed by atoms with Crippen LogP contribution >= 0.6 is 23.8 Å². The number of aromatic amines is 1. The van der Waals surface area contributed by atoms with E-state index in [4.69, 9.17) is 23.8 Å². The number of fused-ring (bicyclic) bond motifs is 1. The Labute approximate surface area is 116 Å². The Kier molecular flexibility index (Phi) is 3.18. The summed E-state index contributed by atoms with van der Waals surface area (Å²) in [6, 6.07) is 7.86. The van der Waals surface area contributed by atoms with Crippen molar-refractivity contribution in [3.8, 4) is 0 Å². The first-order chi connectivity index (χ1) is 8.72. The van der Waals surface area contributed by atoms with E-state index in [-0.39, 0.29) is 0 Å². The van der Waals surface area contributed by atoms with Crippen molar-refractivity contribution in [1.29, 1.82) is 0 Å². The highest BCUT2D eigenvalue weighted by molar-refractivity contribution is 7.71. The Bertz CT molecular complexity index is 648. The summed E-state index contributed by atoms with van der Waals surface area (Å²) in [5.41, 5.74) is 3.66. The summed E-state index contributed by atoms with van der Waals surface area (Å²) in [5.74, 6) is 0.933. The van der Waals surface area contributed by atoms with E-state index in [2.05, 4.69) is 16.0 Å². The van der Waals surface area contributed by atoms with E-state index in [1.807, 2.05) is 18.2 Å². The first-order valence-electron chi connectivity index (χ1n) is 6.08. The number of nitrogens with zero attached hydrogens (tertiary/aromatic N) is 1. The second kappa shape index (κ2) is 4.82. The quantitative estimate of drug-likeness (QED) is 0.844. The third-order valence-electron chi connectivity index (χ3n) is 3.27. The van der Waals surface area contributed by atoms with Gasteiger partial charge in [-0.2, -0.15) is 0 Å². The fraction of sp³-hybridized carbons (Fsp3) is 0.286. The smallest absolute Gasteiger partial charge is 0.133 e. The van der Waals surface area contributed by atoms with Gasteiger partial charge >= 0.3 is 0 Å². The second-order valence-corrected chi connectivity index (χ2v) is 5.43. The number of aromatic nitrogens is 2. The van der Waals surface area contributed by atoms with E-state index < -0.39 is 0 Å². The molecule has 0 aliphatic heterocycles. The van der Waals surface area contributed by atoms with Crippen LogP contribution in [0.4, 0.5) is 0 Å². The van der Waals surface area contributed by atoms with E-state index in [0.29, 0.717) is 0 Å². The van der Waals surface area contributed by atoms with E-state index in [9.17, 15) is 0 Å². The van der Waals surface area contributed by atoms with Gasteiger partial charge in [-0.3, -0.25) is 0 Å². The van der Waals surface area contributed by atoms with Gasteiger partial charge in [0.2, 0.25) is 0 Å². The van der Waals surface area contributed by atoms with Crippen LogP contribution in [-0.2, 0) is 19.3 Å². The Morgan fingerprint density at radius 3 is 3.06 bits per heavy atom. The van der Waals surface area contributed by atoms with Gasteiger partial charge in [-0.15, -0.1) is 0 Å². The van der Waals surface area contributed by atoms with Crippen LogP contribution in [0.1, 0.15) is 29.1 Å². The molecule has 0 saturated carbocycles. The molecule has 2 aromatic rings. The van der Waals surface area contributed by atoms with Crippen LogP contribution in [0, 0.1) is 4.64 Å². The second-order valence-electron chi connectivity index (χ2n) is 4.61. The van der Waals surface area contributed by atoms with Gasteiger partial charge in [0.25, 0.3) is 0 Å². The number of halogens is 1. The molecule has 18 heavy (non-hydrogen) atoms. The van der Waals surface area contributed by atoms with Crippen molar-refractivity contribution in [1.82, 2.24) is 9.97 Å². The number of rotatable bonds is 2. The molecule has 0 saturated heterocycles. The SMILES string of the molecule is S=c1nc(Cc2cccc(Cl)c2)[nH]c2c1CCC2. The lowest BCUT2D eigenvalue weighted by Crippen LogP contribution is -2.02. The van der Waals surface area contributed by atoms with E-state index in [0.717, 1.165) is 40.3 Å². The van der Waals surface area contributed by atoms with Crippen LogP contribution in [0.25, 0.3) is 0 Å². The summed E-state index contributed by atoms with van der Waals surface area (Å²) in [6.07, 6.45) is 4.08. The summed E-state index contributed by atoms with van der Waals surface area (Å²) in [4.78, 5) is 7.90. The normalized spacial score (nSPS) is 13.6. The fourth-order valence-corrected chi connectivity index (χ4v) is 2.98. The molecule has 0 spiro atoms. The monoisotopic (exact) mass is 276 g/mol. The van der Waals surface area contributed by atoms with Crippen LogP contribution in [-0.4, -0.2) is 9.97 Å². The van der Waals surface area contributed by atoms with Crippen molar-refractivity contribution >= 4 is 23.8 Å². The van der Waals surface area contributed by atoms with Crippen molar-refractivity contribution < 1.29 is 0 Å². The maximum absolute atomic E-state index is 5.98. The number of nitrogens with one attached hydrogen (secondary N) is 1. The number of hydrogen-bond donors (Lipinski definition) is 1. The summed E-state index contributed by atoms with van der Waals surface area (Å²) in [6.45, 7) is 0. The molecular formula is C14H13ClN2S. The highest BCUT2D eigenvalue weighted by Gasteiger charge is 2.14. The van der Waals surface area contributed by atoms with Gasteiger partial charge in [0.1, 0.15) is 10.5 Å². The lowest BCUT2D eigenvalue weighted by molar-refractivity contribution is 0.885. The predicted octanol–water partition coefficient (Wildman–Crippen LogP) is 3.87. The molecule has 1 aromatic carbocycles. The predicted molar refractivity (Wildman–Crippen MR) is 75.7 cm³/mol. The Morgan fingerprint density at radius 1 is 1.33 bits per heavy atom. The molecule has 0 amide bonds. The maximum Gasteiger partial charge on any atom is 0.133 e. The molecule has 0 radical (unpaired) electrons. The van der Waals surface area contributed by atoms with Gasteiger partial charge < -0.3 is 4.98 Å². The third kappa shape index (κ3) is 2.33. The molecule has 0 atom stereocenters. The van der Waals surface area contributed by atoms with Crippen LogP contribution < -0.4 is 0 Å². The molecule has 1 aliphatic rings. The average molecular weight is 277 g/mol. The molecule has 3 rings (SSSR count). The highest BCUT2D eigenvalue weighted by atomic mass is 35.5. The first kappa shape index (κ1) is 11.9. The molecular weight excluding hydrogens is 264 g/mol. The van der Waals surface area contributed by atoms with E-state index in [1.165, 1.54) is 17.7 Å². The van der Waals surface area contributed by atoms with Gasteiger partial charge in [-0.05, 0) is 37.0 Å². The molecule has 0 fully saturated rings. The molecule has 1 aromatic heterocycles. The summed E-state index contributed by atoms with van der Waals surface area (Å²) >= 11 is 11.3. The molecule has 1 heterocycles. The van der Waals surface area contributed by atoms with Crippen molar-refractivity contribution in [2.75, 3.05) is 0 Å². The van der Waals surface area contributed by atoms with Crippen molar-refractivity contribution in [2.45, 2.75) is 25.7 Å². The van der Waals surface area contributed by atoms with Gasteiger partial charge in [-0.1, -0.05) is 36.0 Å². The standard InChI is InChI=1S/C14H13ClN2S/c15-10-4-1-3-9(7-10)8-13-16-12-6-2-5-11(12)14(18)17-13/h1,3-4,7H,2,5-6,8H2,(H,16,17,18). The van der Waals surface area contributed by atoms with Gasteiger partial charge in [0, 0.05) is 22.7 Å². The fourth-order valence-electron chi connectivity index (χ4n) is 2.43. The topological polar surface area (TPSA) is 28.7 Å². The lowest BCUT2D eigenvalue weighted by Gasteiger charge is -2.06. The van der Waals surface area contributed by atoms with E-state index >= 15 is 0 Å². The Hall–Kier alpha value is -1.19. The van der Waals surface area contributed by atoms with Gasteiger partial charge in [0.05, 0.1) is 0 Å². The highest BCUT2D eigenvalue weighted by Crippen LogP contribution is 2.21. The zero-order chi connectivity index (χ0) is 12.5. The third-order valence-corrected chi connectivity index (χ3v) is 3.84. The summed E-state index contributed by atoms with van der Waals surface area (Å²) < 4.78 is 0.762. The van der Waals surface area contributed by atoms with Crippen molar-refractivity contribution in [2.24, 2.45) is 0 Å². The molecule has 92 valence electrons. The molecule has 1 N–H and O–H groups in total. The van der Waals surface area contributed by atoms with Gasteiger partial charge in [0.15, 0.2) is 0 Å². The van der Waals surface area contributed by atoms with Crippen LogP contribution in [0.2, 0.25) is 5.02 Å². The summed E-state index contributed by atoms with van der Waals surface area (Å²) in [5, 5.41) is 0.757. The van der Waals surface area contributed by atoms with Gasteiger partial charge in [-0.25, -0.2) is 4.98 Å². The zero-order valence-electron chi connectivity index (χ0n) is 9.87. The van der Waals surface area contributed by atoms with Crippen molar-refractivity contribution in [3.63, 3.8) is 0 Å². The largest absolute Gasteiger partial charge is 0.347 e. The average Bonchev–Trinajstić information content (AvgIpc) is 2.77. The van der Waals surface area contributed by atoms with Crippen LogP contribution in [0.15, 0.2) is 24.3 Å². The number of hydrogen-bond acceptors (Lipinski definition) is 2. The number of H-pyrrole nitrogens is 1.